The molecular weight excluding hydrogens is 442 g/mol. The maximum absolute atomic E-state index is 12.6. The lowest BCUT2D eigenvalue weighted by atomic mass is 10.1. The molecule has 0 aliphatic heterocycles. The SMILES string of the molecule is CCOc1ccc(NC(=O)COC(=O)c2ccccc2NC(=O)c2ccccc2)c([N+](=O)[O-])c1. The molecule has 0 aliphatic carbocycles. The molecule has 3 rings (SSSR count). The van der Waals surface area contributed by atoms with E-state index in [1.807, 2.05) is 0 Å². The van der Waals surface area contributed by atoms with Crippen molar-refractivity contribution in [2.75, 3.05) is 23.8 Å². The van der Waals surface area contributed by atoms with Gasteiger partial charge in [-0.15, -0.1) is 0 Å². The van der Waals surface area contributed by atoms with Gasteiger partial charge in [0.2, 0.25) is 0 Å². The van der Waals surface area contributed by atoms with Gasteiger partial charge in [-0.2, -0.15) is 0 Å². The quantitative estimate of drug-likeness (QED) is 0.277. The highest BCUT2D eigenvalue weighted by molar-refractivity contribution is 6.08. The van der Waals surface area contributed by atoms with Gasteiger partial charge in [0.15, 0.2) is 6.61 Å². The summed E-state index contributed by atoms with van der Waals surface area (Å²) in [5, 5.41) is 16.3. The molecular formula is C24H21N3O7. The first-order valence-electron chi connectivity index (χ1n) is 10.2. The third-order valence-corrected chi connectivity index (χ3v) is 4.52. The zero-order valence-electron chi connectivity index (χ0n) is 18.1. The number of carbonyl (C=O) groups excluding carboxylic acids is 3. The largest absolute Gasteiger partial charge is 0.494 e. The van der Waals surface area contributed by atoms with E-state index in [2.05, 4.69) is 10.6 Å². The van der Waals surface area contributed by atoms with E-state index >= 15 is 0 Å². The summed E-state index contributed by atoms with van der Waals surface area (Å²) in [4.78, 5) is 47.9. The highest BCUT2D eigenvalue weighted by Gasteiger charge is 2.20. The van der Waals surface area contributed by atoms with Crippen LogP contribution in [0.2, 0.25) is 0 Å². The molecule has 0 aromatic heterocycles. The molecule has 0 fully saturated rings. The van der Waals surface area contributed by atoms with E-state index in [0.717, 1.165) is 0 Å². The van der Waals surface area contributed by atoms with Gasteiger partial charge in [-0.05, 0) is 43.3 Å². The number of para-hydroxylation sites is 1. The summed E-state index contributed by atoms with van der Waals surface area (Å²) in [5.74, 6) is -1.75. The highest BCUT2D eigenvalue weighted by atomic mass is 16.6. The molecule has 3 aromatic rings. The Balaban J connectivity index is 1.65. The first-order valence-corrected chi connectivity index (χ1v) is 10.2. The van der Waals surface area contributed by atoms with Crippen molar-refractivity contribution in [3.63, 3.8) is 0 Å². The van der Waals surface area contributed by atoms with Gasteiger partial charge in [0.1, 0.15) is 11.4 Å². The fourth-order valence-electron chi connectivity index (χ4n) is 2.97. The third kappa shape index (κ3) is 6.16. The van der Waals surface area contributed by atoms with Gasteiger partial charge in [0.05, 0.1) is 28.8 Å². The minimum absolute atomic E-state index is 0.0478. The number of amides is 2. The number of nitro groups is 1. The number of hydrogen-bond acceptors (Lipinski definition) is 7. The van der Waals surface area contributed by atoms with E-state index in [1.165, 1.54) is 30.3 Å². The minimum Gasteiger partial charge on any atom is -0.494 e. The Morgan fingerprint density at radius 2 is 1.62 bits per heavy atom. The highest BCUT2D eigenvalue weighted by Crippen LogP contribution is 2.29. The summed E-state index contributed by atoms with van der Waals surface area (Å²) in [6, 6.07) is 18.6. The van der Waals surface area contributed by atoms with Crippen molar-refractivity contribution in [2.45, 2.75) is 6.92 Å². The van der Waals surface area contributed by atoms with E-state index in [1.54, 1.807) is 49.4 Å². The molecule has 0 saturated heterocycles. The normalized spacial score (nSPS) is 10.1. The second-order valence-electron chi connectivity index (χ2n) is 6.86. The van der Waals surface area contributed by atoms with Crippen LogP contribution < -0.4 is 15.4 Å². The fourth-order valence-corrected chi connectivity index (χ4v) is 2.97. The molecule has 0 atom stereocenters. The van der Waals surface area contributed by atoms with Crippen LogP contribution in [0.3, 0.4) is 0 Å². The second-order valence-corrected chi connectivity index (χ2v) is 6.86. The average molecular weight is 463 g/mol. The van der Waals surface area contributed by atoms with Crippen molar-refractivity contribution in [3.8, 4) is 5.75 Å². The summed E-state index contributed by atoms with van der Waals surface area (Å²) in [7, 11) is 0. The number of anilines is 2. The zero-order valence-corrected chi connectivity index (χ0v) is 18.1. The van der Waals surface area contributed by atoms with Crippen molar-refractivity contribution in [3.05, 3.63) is 94.0 Å². The van der Waals surface area contributed by atoms with E-state index in [0.29, 0.717) is 12.2 Å². The van der Waals surface area contributed by atoms with Crippen LogP contribution in [0.15, 0.2) is 72.8 Å². The summed E-state index contributed by atoms with van der Waals surface area (Å²) >= 11 is 0. The van der Waals surface area contributed by atoms with Gasteiger partial charge in [-0.3, -0.25) is 19.7 Å². The maximum Gasteiger partial charge on any atom is 0.340 e. The number of carbonyl (C=O) groups is 3. The number of nitro benzene ring substituents is 1. The van der Waals surface area contributed by atoms with Gasteiger partial charge in [-0.1, -0.05) is 30.3 Å². The summed E-state index contributed by atoms with van der Waals surface area (Å²) in [6.07, 6.45) is 0. The molecule has 2 amide bonds. The van der Waals surface area contributed by atoms with Crippen LogP contribution in [0, 0.1) is 10.1 Å². The number of nitrogens with one attached hydrogen (secondary N) is 2. The molecule has 174 valence electrons. The molecule has 0 heterocycles. The van der Waals surface area contributed by atoms with Crippen LogP contribution in [0.1, 0.15) is 27.6 Å². The van der Waals surface area contributed by atoms with Crippen LogP contribution in [0.5, 0.6) is 5.75 Å². The fraction of sp³-hybridized carbons (Fsp3) is 0.125. The second kappa shape index (κ2) is 11.2. The lowest BCUT2D eigenvalue weighted by Crippen LogP contribution is -2.22. The van der Waals surface area contributed by atoms with E-state index in [9.17, 15) is 24.5 Å². The Bertz CT molecular complexity index is 1210. The number of hydrogen-bond donors (Lipinski definition) is 2. The van der Waals surface area contributed by atoms with Crippen molar-refractivity contribution in [1.82, 2.24) is 0 Å². The van der Waals surface area contributed by atoms with E-state index in [4.69, 9.17) is 9.47 Å². The number of rotatable bonds is 9. The molecule has 0 spiro atoms. The number of nitrogens with zero attached hydrogens (tertiary/aromatic N) is 1. The molecule has 34 heavy (non-hydrogen) atoms. The zero-order chi connectivity index (χ0) is 24.5. The first-order chi connectivity index (χ1) is 16.4. The van der Waals surface area contributed by atoms with Crippen molar-refractivity contribution in [1.29, 1.82) is 0 Å². The van der Waals surface area contributed by atoms with Gasteiger partial charge in [0, 0.05) is 5.56 Å². The topological polar surface area (TPSA) is 137 Å². The van der Waals surface area contributed by atoms with E-state index in [-0.39, 0.29) is 28.4 Å². The van der Waals surface area contributed by atoms with Crippen LogP contribution in [-0.2, 0) is 9.53 Å². The number of esters is 1. The lowest BCUT2D eigenvalue weighted by molar-refractivity contribution is -0.384. The molecule has 0 radical (unpaired) electrons. The number of benzene rings is 3. The van der Waals surface area contributed by atoms with Crippen LogP contribution in [0.4, 0.5) is 17.1 Å². The smallest absolute Gasteiger partial charge is 0.340 e. The standard InChI is InChI=1S/C24H21N3O7/c1-2-33-17-12-13-20(21(14-17)27(31)32)25-22(28)15-34-24(30)18-10-6-7-11-19(18)26-23(29)16-8-4-3-5-9-16/h3-14H,2,15H2,1H3,(H,25,28)(H,26,29). The maximum atomic E-state index is 12.6. The van der Waals surface area contributed by atoms with Crippen LogP contribution >= 0.6 is 0 Å². The Kier molecular flexibility index (Phi) is 7.90. The monoisotopic (exact) mass is 463 g/mol. The Labute approximate surface area is 194 Å². The molecule has 0 aliphatic rings. The molecule has 10 nitrogen and oxygen atoms in total. The first kappa shape index (κ1) is 23.9. The summed E-state index contributed by atoms with van der Waals surface area (Å²) in [5.41, 5.74) is 0.238. The Hall–Kier alpha value is -4.73. The van der Waals surface area contributed by atoms with Gasteiger partial charge in [0.25, 0.3) is 17.5 Å². The summed E-state index contributed by atoms with van der Waals surface area (Å²) in [6.45, 7) is 1.37. The van der Waals surface area contributed by atoms with Gasteiger partial charge < -0.3 is 20.1 Å². The van der Waals surface area contributed by atoms with Gasteiger partial charge >= 0.3 is 5.97 Å². The third-order valence-electron chi connectivity index (χ3n) is 4.52. The Morgan fingerprint density at radius 3 is 2.32 bits per heavy atom. The predicted octanol–water partition coefficient (Wildman–Crippen LogP) is 4.04. The molecule has 3 aromatic carbocycles. The Morgan fingerprint density at radius 1 is 0.912 bits per heavy atom. The molecule has 0 unspecified atom stereocenters. The molecule has 0 saturated carbocycles. The lowest BCUT2D eigenvalue weighted by Gasteiger charge is -2.11. The van der Waals surface area contributed by atoms with Crippen molar-refractivity contribution >= 4 is 34.8 Å². The van der Waals surface area contributed by atoms with Crippen LogP contribution in [-0.4, -0.2) is 35.9 Å². The minimum atomic E-state index is -0.847. The van der Waals surface area contributed by atoms with Crippen LogP contribution in [0.25, 0.3) is 0 Å². The number of ether oxygens (including phenoxy) is 2. The molecule has 2 N–H and O–H groups in total. The summed E-state index contributed by atoms with van der Waals surface area (Å²) < 4.78 is 10.3. The van der Waals surface area contributed by atoms with E-state index < -0.39 is 29.3 Å². The molecule has 0 bridgehead atoms. The van der Waals surface area contributed by atoms with Crippen molar-refractivity contribution in [2.24, 2.45) is 0 Å². The predicted molar refractivity (Wildman–Crippen MR) is 124 cm³/mol. The van der Waals surface area contributed by atoms with Gasteiger partial charge in [-0.25, -0.2) is 4.79 Å². The van der Waals surface area contributed by atoms with Crippen molar-refractivity contribution < 1.29 is 28.8 Å². The molecule has 10 heteroatoms. The average Bonchev–Trinajstić information content (AvgIpc) is 2.84.